The molecule has 0 unspecified atom stereocenters. The number of benzene rings is 4. The van der Waals surface area contributed by atoms with Crippen LogP contribution in [0, 0.1) is 13.8 Å². The average molecular weight is 471 g/mol. The van der Waals surface area contributed by atoms with E-state index in [0.717, 1.165) is 16.7 Å². The van der Waals surface area contributed by atoms with Crippen molar-refractivity contribution in [1.29, 1.82) is 0 Å². The average Bonchev–Trinajstić information content (AvgIpc) is 2.86. The van der Waals surface area contributed by atoms with E-state index in [9.17, 15) is 13.2 Å². The monoisotopic (exact) mass is 470 g/mol. The third-order valence-corrected chi connectivity index (χ3v) is 7.46. The van der Waals surface area contributed by atoms with Crippen molar-refractivity contribution >= 4 is 27.3 Å². The maximum atomic E-state index is 13.7. The zero-order valence-electron chi connectivity index (χ0n) is 19.1. The van der Waals surface area contributed by atoms with E-state index in [-0.39, 0.29) is 22.9 Å². The third kappa shape index (κ3) is 5.02. The second kappa shape index (κ2) is 9.93. The smallest absolute Gasteiger partial charge is 0.264 e. The standard InChI is InChI=1S/C28H26N2O3S/c1-21-17-18-24(19-22(21)2)29-28(31)26-15-9-10-16-27(26)30(20-23-11-5-3-6-12-23)34(32,33)25-13-7-4-8-14-25/h3-19H,20H2,1-2H3,(H,29,31). The van der Waals surface area contributed by atoms with Crippen LogP contribution in [-0.2, 0) is 16.6 Å². The van der Waals surface area contributed by atoms with E-state index in [0.29, 0.717) is 11.4 Å². The number of nitrogens with one attached hydrogen (secondary N) is 1. The topological polar surface area (TPSA) is 66.5 Å². The molecule has 4 aromatic rings. The van der Waals surface area contributed by atoms with Gasteiger partial charge in [0.2, 0.25) is 0 Å². The molecule has 1 N–H and O–H groups in total. The Bertz CT molecular complexity index is 1400. The Balaban J connectivity index is 1.77. The maximum absolute atomic E-state index is 13.7. The van der Waals surface area contributed by atoms with Gasteiger partial charge in [-0.3, -0.25) is 9.10 Å². The van der Waals surface area contributed by atoms with Crippen LogP contribution in [0.25, 0.3) is 0 Å². The number of carbonyl (C=O) groups excluding carboxylic acids is 1. The summed E-state index contributed by atoms with van der Waals surface area (Å²) in [6, 6.07) is 30.1. The highest BCUT2D eigenvalue weighted by Gasteiger charge is 2.28. The predicted octanol–water partition coefficient (Wildman–Crippen LogP) is 5.95. The highest BCUT2D eigenvalue weighted by atomic mass is 32.2. The van der Waals surface area contributed by atoms with Crippen LogP contribution in [-0.4, -0.2) is 14.3 Å². The fourth-order valence-electron chi connectivity index (χ4n) is 3.67. The highest BCUT2D eigenvalue weighted by molar-refractivity contribution is 7.92. The first-order valence-corrected chi connectivity index (χ1v) is 12.4. The second-order valence-corrected chi connectivity index (χ2v) is 9.94. The molecule has 5 nitrogen and oxygen atoms in total. The molecule has 0 bridgehead atoms. The first kappa shape index (κ1) is 23.3. The number of aryl methyl sites for hydroxylation is 2. The summed E-state index contributed by atoms with van der Waals surface area (Å²) < 4.78 is 28.8. The molecule has 0 aromatic heterocycles. The molecule has 0 heterocycles. The van der Waals surface area contributed by atoms with E-state index < -0.39 is 10.0 Å². The van der Waals surface area contributed by atoms with Crippen molar-refractivity contribution in [2.24, 2.45) is 0 Å². The number of hydrogen-bond acceptors (Lipinski definition) is 3. The first-order chi connectivity index (χ1) is 16.4. The van der Waals surface area contributed by atoms with E-state index in [4.69, 9.17) is 0 Å². The Labute approximate surface area is 200 Å². The third-order valence-electron chi connectivity index (χ3n) is 5.68. The largest absolute Gasteiger partial charge is 0.322 e. The van der Waals surface area contributed by atoms with Crippen molar-refractivity contribution < 1.29 is 13.2 Å². The quantitative estimate of drug-likeness (QED) is 0.363. The van der Waals surface area contributed by atoms with Gasteiger partial charge in [-0.15, -0.1) is 0 Å². The van der Waals surface area contributed by atoms with Crippen LogP contribution >= 0.6 is 0 Å². The zero-order valence-corrected chi connectivity index (χ0v) is 19.9. The molecule has 0 spiro atoms. The van der Waals surface area contributed by atoms with Gasteiger partial charge in [0.1, 0.15) is 0 Å². The zero-order chi connectivity index (χ0) is 24.1. The summed E-state index contributed by atoms with van der Waals surface area (Å²) in [5.41, 5.74) is 4.24. The molecule has 0 aliphatic heterocycles. The van der Waals surface area contributed by atoms with Gasteiger partial charge < -0.3 is 5.32 Å². The van der Waals surface area contributed by atoms with Gasteiger partial charge >= 0.3 is 0 Å². The molecule has 0 fully saturated rings. The lowest BCUT2D eigenvalue weighted by molar-refractivity contribution is 0.102. The molecule has 0 atom stereocenters. The number of para-hydroxylation sites is 1. The van der Waals surface area contributed by atoms with E-state index in [1.807, 2.05) is 62.4 Å². The van der Waals surface area contributed by atoms with Gasteiger partial charge in [0, 0.05) is 5.69 Å². The van der Waals surface area contributed by atoms with Gasteiger partial charge in [-0.2, -0.15) is 0 Å². The van der Waals surface area contributed by atoms with Crippen molar-refractivity contribution in [3.8, 4) is 0 Å². The minimum absolute atomic E-state index is 0.0893. The van der Waals surface area contributed by atoms with Crippen molar-refractivity contribution in [2.75, 3.05) is 9.62 Å². The SMILES string of the molecule is Cc1ccc(NC(=O)c2ccccc2N(Cc2ccccc2)S(=O)(=O)c2ccccc2)cc1C. The number of nitrogens with zero attached hydrogens (tertiary/aromatic N) is 1. The molecule has 4 rings (SSSR count). The molecule has 6 heteroatoms. The molecule has 0 aliphatic rings. The first-order valence-electron chi connectivity index (χ1n) is 11.0. The van der Waals surface area contributed by atoms with E-state index >= 15 is 0 Å². The molecular formula is C28H26N2O3S. The molecular weight excluding hydrogens is 444 g/mol. The van der Waals surface area contributed by atoms with Crippen LogP contribution < -0.4 is 9.62 Å². The molecule has 172 valence electrons. The summed E-state index contributed by atoms with van der Waals surface area (Å²) in [5, 5.41) is 2.92. The lowest BCUT2D eigenvalue weighted by Crippen LogP contribution is -2.32. The fraction of sp³-hybridized carbons (Fsp3) is 0.107. The summed E-state index contributed by atoms with van der Waals surface area (Å²) in [6.45, 7) is 4.07. The molecule has 4 aromatic carbocycles. The van der Waals surface area contributed by atoms with E-state index in [2.05, 4.69) is 5.32 Å². The van der Waals surface area contributed by atoms with Crippen molar-refractivity contribution in [2.45, 2.75) is 25.3 Å². The molecule has 0 saturated heterocycles. The van der Waals surface area contributed by atoms with Gasteiger partial charge in [0.25, 0.3) is 15.9 Å². The summed E-state index contributed by atoms with van der Waals surface area (Å²) in [5.74, 6) is -0.375. The Morgan fingerprint density at radius 2 is 1.38 bits per heavy atom. The number of carbonyl (C=O) groups is 1. The lowest BCUT2D eigenvalue weighted by atomic mass is 10.1. The normalized spacial score (nSPS) is 11.1. The predicted molar refractivity (Wildman–Crippen MR) is 137 cm³/mol. The van der Waals surface area contributed by atoms with Crippen LogP contribution in [0.4, 0.5) is 11.4 Å². The van der Waals surface area contributed by atoms with Crippen molar-refractivity contribution in [3.05, 3.63) is 125 Å². The highest BCUT2D eigenvalue weighted by Crippen LogP contribution is 2.30. The Morgan fingerprint density at radius 1 is 0.765 bits per heavy atom. The molecule has 1 amide bonds. The van der Waals surface area contributed by atoms with Crippen LogP contribution in [0.3, 0.4) is 0 Å². The summed E-state index contributed by atoms with van der Waals surface area (Å²) >= 11 is 0. The summed E-state index contributed by atoms with van der Waals surface area (Å²) in [4.78, 5) is 13.5. The minimum Gasteiger partial charge on any atom is -0.322 e. The van der Waals surface area contributed by atoms with Gasteiger partial charge in [-0.1, -0.05) is 66.7 Å². The summed E-state index contributed by atoms with van der Waals surface area (Å²) in [6.07, 6.45) is 0. The van der Waals surface area contributed by atoms with Crippen molar-refractivity contribution in [1.82, 2.24) is 0 Å². The summed E-state index contributed by atoms with van der Waals surface area (Å²) in [7, 11) is -3.94. The number of hydrogen-bond donors (Lipinski definition) is 1. The number of amides is 1. The Hall–Kier alpha value is -3.90. The Kier molecular flexibility index (Phi) is 6.80. The van der Waals surface area contributed by atoms with Crippen LogP contribution in [0.1, 0.15) is 27.0 Å². The van der Waals surface area contributed by atoms with Crippen molar-refractivity contribution in [3.63, 3.8) is 0 Å². The Morgan fingerprint density at radius 3 is 2.06 bits per heavy atom. The van der Waals surface area contributed by atoms with Crippen LogP contribution in [0.2, 0.25) is 0 Å². The number of sulfonamides is 1. The van der Waals surface area contributed by atoms with Gasteiger partial charge in [0.15, 0.2) is 0 Å². The second-order valence-electron chi connectivity index (χ2n) is 8.08. The number of anilines is 2. The lowest BCUT2D eigenvalue weighted by Gasteiger charge is -2.26. The van der Waals surface area contributed by atoms with Crippen LogP contribution in [0.15, 0.2) is 108 Å². The van der Waals surface area contributed by atoms with Gasteiger partial charge in [-0.05, 0) is 66.9 Å². The van der Waals surface area contributed by atoms with Gasteiger partial charge in [0.05, 0.1) is 22.7 Å². The fourth-order valence-corrected chi connectivity index (χ4v) is 5.16. The van der Waals surface area contributed by atoms with Gasteiger partial charge in [-0.25, -0.2) is 8.42 Å². The van der Waals surface area contributed by atoms with Crippen LogP contribution in [0.5, 0.6) is 0 Å². The molecule has 0 saturated carbocycles. The minimum atomic E-state index is -3.94. The van der Waals surface area contributed by atoms with E-state index in [1.54, 1.807) is 54.6 Å². The maximum Gasteiger partial charge on any atom is 0.264 e. The molecule has 0 aliphatic carbocycles. The molecule has 0 radical (unpaired) electrons. The molecule has 34 heavy (non-hydrogen) atoms. The van der Waals surface area contributed by atoms with E-state index in [1.165, 1.54) is 4.31 Å². The number of rotatable bonds is 7.